The highest BCUT2D eigenvalue weighted by atomic mass is 35.5. The molecule has 3 rings (SSSR count). The molecule has 0 saturated heterocycles. The molecular weight excluding hydrogens is 538 g/mol. The second kappa shape index (κ2) is 12.3. The van der Waals surface area contributed by atoms with Crippen LogP contribution in [0.25, 0.3) is 0 Å². The fourth-order valence-electron chi connectivity index (χ4n) is 4.65. The molecule has 208 valence electrons. The minimum Gasteiger partial charge on any atom is -0.448 e. The van der Waals surface area contributed by atoms with E-state index in [1.165, 1.54) is 0 Å². The van der Waals surface area contributed by atoms with E-state index in [1.54, 1.807) is 0 Å². The molecule has 1 aliphatic rings. The maximum Gasteiger partial charge on any atom is 0.416 e. The standard InChI is InChI=1S/C26H27ClF6N2O3/c27-10-11-38-23(37)35-21-6-8-24(9-7-21,18-4-2-1-3-5-18)16-34-22(36)14-17-12-19(25(28,29)30)15-20(13-17)26(31,32)33/h1-5,12-13,15,21H,6-11,14,16H2,(H,34,36)(H,35,37). The van der Waals surface area contributed by atoms with E-state index >= 15 is 0 Å². The molecule has 5 nitrogen and oxygen atoms in total. The SMILES string of the molecule is O=C(Cc1cc(C(F)(F)F)cc(C(F)(F)F)c1)NCC1(c2ccccc2)CCC(NC(=O)OCCCl)CC1. The number of amides is 2. The van der Waals surface area contributed by atoms with Crippen LogP contribution in [0.5, 0.6) is 0 Å². The number of hydrogen-bond donors (Lipinski definition) is 2. The van der Waals surface area contributed by atoms with Gasteiger partial charge in [0.15, 0.2) is 0 Å². The fourth-order valence-corrected chi connectivity index (χ4v) is 4.73. The average Bonchev–Trinajstić information content (AvgIpc) is 2.86. The van der Waals surface area contributed by atoms with E-state index in [4.69, 9.17) is 16.3 Å². The van der Waals surface area contributed by atoms with Gasteiger partial charge in [-0.25, -0.2) is 4.79 Å². The van der Waals surface area contributed by atoms with Crippen LogP contribution in [0.2, 0.25) is 0 Å². The number of nitrogens with one attached hydrogen (secondary N) is 2. The van der Waals surface area contributed by atoms with Crippen LogP contribution < -0.4 is 10.6 Å². The van der Waals surface area contributed by atoms with Crippen LogP contribution in [-0.4, -0.2) is 37.1 Å². The average molecular weight is 565 g/mol. The van der Waals surface area contributed by atoms with Crippen molar-refractivity contribution < 1.29 is 40.7 Å². The largest absolute Gasteiger partial charge is 0.448 e. The van der Waals surface area contributed by atoms with Gasteiger partial charge in [-0.15, -0.1) is 11.6 Å². The Morgan fingerprint density at radius 1 is 0.947 bits per heavy atom. The lowest BCUT2D eigenvalue weighted by Crippen LogP contribution is -2.47. The molecule has 0 spiro atoms. The Morgan fingerprint density at radius 3 is 2.05 bits per heavy atom. The lowest BCUT2D eigenvalue weighted by molar-refractivity contribution is -0.143. The van der Waals surface area contributed by atoms with Gasteiger partial charge in [0.05, 0.1) is 23.4 Å². The summed E-state index contributed by atoms with van der Waals surface area (Å²) in [4.78, 5) is 24.6. The maximum absolute atomic E-state index is 13.2. The Kier molecular flexibility index (Phi) is 9.56. The van der Waals surface area contributed by atoms with Crippen molar-refractivity contribution in [2.75, 3.05) is 19.0 Å². The van der Waals surface area contributed by atoms with Crippen molar-refractivity contribution in [3.8, 4) is 0 Å². The quantitative estimate of drug-likeness (QED) is 0.295. The predicted octanol–water partition coefficient (Wildman–Crippen LogP) is 6.23. The van der Waals surface area contributed by atoms with E-state index in [1.807, 2.05) is 30.3 Å². The molecule has 1 saturated carbocycles. The molecule has 0 aliphatic heterocycles. The highest BCUT2D eigenvalue weighted by Crippen LogP contribution is 2.40. The summed E-state index contributed by atoms with van der Waals surface area (Å²) in [5, 5.41) is 5.50. The van der Waals surface area contributed by atoms with E-state index < -0.39 is 47.3 Å². The zero-order valence-electron chi connectivity index (χ0n) is 20.2. The molecule has 0 unspecified atom stereocenters. The second-order valence-corrected chi connectivity index (χ2v) is 9.64. The number of alkyl carbamates (subject to hydrolysis) is 1. The molecule has 0 atom stereocenters. The smallest absolute Gasteiger partial charge is 0.416 e. The molecule has 1 fully saturated rings. The van der Waals surface area contributed by atoms with E-state index in [-0.39, 0.29) is 36.7 Å². The van der Waals surface area contributed by atoms with Gasteiger partial charge in [0.2, 0.25) is 5.91 Å². The highest BCUT2D eigenvalue weighted by molar-refractivity contribution is 6.18. The van der Waals surface area contributed by atoms with Crippen molar-refractivity contribution >= 4 is 23.6 Å². The molecular formula is C26H27ClF6N2O3. The van der Waals surface area contributed by atoms with Crippen LogP contribution >= 0.6 is 11.6 Å². The molecule has 0 radical (unpaired) electrons. The third-order valence-corrected chi connectivity index (χ3v) is 6.75. The lowest BCUT2D eigenvalue weighted by Gasteiger charge is -2.41. The number of ether oxygens (including phenoxy) is 1. The Morgan fingerprint density at radius 2 is 1.53 bits per heavy atom. The van der Waals surface area contributed by atoms with Gasteiger partial charge in [-0.1, -0.05) is 30.3 Å². The molecule has 12 heteroatoms. The Hall–Kier alpha value is -2.95. The number of carbonyl (C=O) groups is 2. The van der Waals surface area contributed by atoms with E-state index in [0.29, 0.717) is 37.8 Å². The Bertz CT molecular complexity index is 1070. The molecule has 0 aromatic heterocycles. The third-order valence-electron chi connectivity index (χ3n) is 6.60. The van der Waals surface area contributed by atoms with Crippen molar-refractivity contribution in [3.63, 3.8) is 0 Å². The van der Waals surface area contributed by atoms with Crippen molar-refractivity contribution in [2.45, 2.75) is 55.9 Å². The van der Waals surface area contributed by atoms with E-state index in [9.17, 15) is 35.9 Å². The number of halogens is 7. The maximum atomic E-state index is 13.2. The van der Waals surface area contributed by atoms with Crippen LogP contribution in [0.15, 0.2) is 48.5 Å². The summed E-state index contributed by atoms with van der Waals surface area (Å²) < 4.78 is 83.9. The first kappa shape index (κ1) is 29.6. The van der Waals surface area contributed by atoms with E-state index in [2.05, 4.69) is 10.6 Å². The van der Waals surface area contributed by atoms with Gasteiger partial charge in [-0.05, 0) is 55.0 Å². The number of carbonyl (C=O) groups excluding carboxylic acids is 2. The van der Waals surface area contributed by atoms with Gasteiger partial charge < -0.3 is 15.4 Å². The Balaban J connectivity index is 1.71. The van der Waals surface area contributed by atoms with Gasteiger partial charge >= 0.3 is 18.4 Å². The molecule has 2 amide bonds. The predicted molar refractivity (Wildman–Crippen MR) is 129 cm³/mol. The summed E-state index contributed by atoms with van der Waals surface area (Å²) in [6.07, 6.45) is -8.92. The van der Waals surface area contributed by atoms with Gasteiger partial charge in [0.25, 0.3) is 0 Å². The molecule has 0 heterocycles. The van der Waals surface area contributed by atoms with Gasteiger partial charge in [-0.3, -0.25) is 4.79 Å². The first-order valence-electron chi connectivity index (χ1n) is 11.9. The van der Waals surface area contributed by atoms with Crippen molar-refractivity contribution in [1.29, 1.82) is 0 Å². The van der Waals surface area contributed by atoms with Crippen LogP contribution in [0.4, 0.5) is 31.1 Å². The molecule has 38 heavy (non-hydrogen) atoms. The van der Waals surface area contributed by atoms with Crippen molar-refractivity contribution in [2.24, 2.45) is 0 Å². The van der Waals surface area contributed by atoms with Gasteiger partial charge in [0, 0.05) is 18.0 Å². The summed E-state index contributed by atoms with van der Waals surface area (Å²) in [7, 11) is 0. The molecule has 1 aliphatic carbocycles. The molecule has 2 aromatic rings. The number of alkyl halides is 7. The summed E-state index contributed by atoms with van der Waals surface area (Å²) in [6, 6.07) is 10.3. The van der Waals surface area contributed by atoms with Crippen LogP contribution in [0.3, 0.4) is 0 Å². The zero-order valence-corrected chi connectivity index (χ0v) is 21.0. The van der Waals surface area contributed by atoms with E-state index in [0.717, 1.165) is 5.56 Å². The summed E-state index contributed by atoms with van der Waals surface area (Å²) in [5.41, 5.74) is -2.92. The second-order valence-electron chi connectivity index (χ2n) is 9.26. The number of benzene rings is 2. The lowest BCUT2D eigenvalue weighted by atomic mass is 9.68. The fraction of sp³-hybridized carbons (Fsp3) is 0.462. The highest BCUT2D eigenvalue weighted by Gasteiger charge is 2.39. The molecule has 2 N–H and O–H groups in total. The molecule has 0 bridgehead atoms. The summed E-state index contributed by atoms with van der Waals surface area (Å²) >= 11 is 5.52. The minimum absolute atomic E-state index is 0.0315. The van der Waals surface area contributed by atoms with Crippen LogP contribution in [0.1, 0.15) is 47.9 Å². The van der Waals surface area contributed by atoms with Crippen LogP contribution in [0, 0.1) is 0 Å². The topological polar surface area (TPSA) is 67.4 Å². The third kappa shape index (κ3) is 8.02. The van der Waals surface area contributed by atoms with Crippen molar-refractivity contribution in [1.82, 2.24) is 10.6 Å². The summed E-state index contributed by atoms with van der Waals surface area (Å²) in [5.74, 6) is -0.523. The molecule has 2 aromatic carbocycles. The Labute approximate surface area is 220 Å². The number of rotatable bonds is 8. The van der Waals surface area contributed by atoms with Gasteiger partial charge in [-0.2, -0.15) is 26.3 Å². The van der Waals surface area contributed by atoms with Gasteiger partial charge in [0.1, 0.15) is 6.61 Å². The first-order chi connectivity index (χ1) is 17.8. The number of hydrogen-bond acceptors (Lipinski definition) is 3. The van der Waals surface area contributed by atoms with Crippen molar-refractivity contribution in [3.05, 3.63) is 70.8 Å². The zero-order chi connectivity index (χ0) is 28.0. The van der Waals surface area contributed by atoms with Crippen LogP contribution in [-0.2, 0) is 33.7 Å². The minimum atomic E-state index is -4.99. The monoisotopic (exact) mass is 564 g/mol. The normalized spacial score (nSPS) is 20.0. The first-order valence-corrected chi connectivity index (χ1v) is 12.5. The summed E-state index contributed by atoms with van der Waals surface area (Å²) in [6.45, 7) is 0.209.